The van der Waals surface area contributed by atoms with Gasteiger partial charge >= 0.3 is 5.97 Å². The zero-order chi connectivity index (χ0) is 13.0. The maximum atomic E-state index is 11.5. The van der Waals surface area contributed by atoms with Crippen molar-refractivity contribution in [1.29, 1.82) is 0 Å². The second-order valence-corrected chi connectivity index (χ2v) is 5.82. The molecule has 1 aromatic carbocycles. The van der Waals surface area contributed by atoms with Crippen molar-refractivity contribution < 1.29 is 9.53 Å². The van der Waals surface area contributed by atoms with Gasteiger partial charge in [0.05, 0.1) is 13.0 Å². The molecular formula is C14H20O2S. The summed E-state index contributed by atoms with van der Waals surface area (Å²) in [6, 6.07) is 6.39. The molecule has 2 nitrogen and oxygen atoms in total. The molecule has 0 aliphatic carbocycles. The average Bonchev–Trinajstić information content (AvgIpc) is 2.31. The molecule has 94 valence electrons. The number of carbonyl (C=O) groups is 1. The quantitative estimate of drug-likeness (QED) is 0.605. The average molecular weight is 252 g/mol. The molecule has 0 aliphatic rings. The minimum absolute atomic E-state index is 0.0927. The van der Waals surface area contributed by atoms with Crippen LogP contribution in [0.1, 0.15) is 25.0 Å². The third-order valence-electron chi connectivity index (χ3n) is 2.93. The summed E-state index contributed by atoms with van der Waals surface area (Å²) in [6.07, 6.45) is 0. The molecule has 17 heavy (non-hydrogen) atoms. The molecule has 0 saturated heterocycles. The highest BCUT2D eigenvalue weighted by Crippen LogP contribution is 2.31. The number of hydrogen-bond acceptors (Lipinski definition) is 3. The van der Waals surface area contributed by atoms with Gasteiger partial charge in [-0.15, -0.1) is 11.8 Å². The highest BCUT2D eigenvalue weighted by Gasteiger charge is 2.22. The molecule has 0 heterocycles. The minimum atomic E-state index is -0.143. The van der Waals surface area contributed by atoms with Gasteiger partial charge in [-0.25, -0.2) is 0 Å². The number of hydrogen-bond donors (Lipinski definition) is 0. The zero-order valence-electron chi connectivity index (χ0n) is 11.1. The number of carbonyl (C=O) groups excluding carboxylic acids is 1. The molecular weight excluding hydrogens is 232 g/mol. The van der Waals surface area contributed by atoms with Crippen molar-refractivity contribution >= 4 is 17.7 Å². The van der Waals surface area contributed by atoms with Crippen LogP contribution in [0.15, 0.2) is 23.1 Å². The van der Waals surface area contributed by atoms with Gasteiger partial charge in [0.15, 0.2) is 0 Å². The second-order valence-electron chi connectivity index (χ2n) is 4.40. The molecule has 3 heteroatoms. The Hall–Kier alpha value is -0.960. The summed E-state index contributed by atoms with van der Waals surface area (Å²) in [4.78, 5) is 12.7. The molecule has 0 N–H and O–H groups in total. The van der Waals surface area contributed by atoms with Crippen LogP contribution < -0.4 is 0 Å². The summed E-state index contributed by atoms with van der Waals surface area (Å²) in [5.41, 5.74) is 2.50. The van der Waals surface area contributed by atoms with Crippen LogP contribution in [0, 0.1) is 19.8 Å². The monoisotopic (exact) mass is 252 g/mol. The molecule has 0 aliphatic heterocycles. The van der Waals surface area contributed by atoms with E-state index in [-0.39, 0.29) is 17.1 Å². The first-order chi connectivity index (χ1) is 7.95. The Morgan fingerprint density at radius 1 is 1.29 bits per heavy atom. The topological polar surface area (TPSA) is 26.3 Å². The molecule has 1 aromatic rings. The normalized spacial score (nSPS) is 14.2. The van der Waals surface area contributed by atoms with Crippen molar-refractivity contribution in [2.24, 2.45) is 5.92 Å². The van der Waals surface area contributed by atoms with E-state index in [9.17, 15) is 4.79 Å². The lowest BCUT2D eigenvalue weighted by Crippen LogP contribution is -2.22. The summed E-state index contributed by atoms with van der Waals surface area (Å²) < 4.78 is 4.77. The second kappa shape index (κ2) is 6.10. The molecule has 2 unspecified atom stereocenters. The third kappa shape index (κ3) is 3.77. The van der Waals surface area contributed by atoms with Crippen LogP contribution in [-0.2, 0) is 9.53 Å². The fourth-order valence-electron chi connectivity index (χ4n) is 1.51. The molecule has 2 atom stereocenters. The van der Waals surface area contributed by atoms with Crippen LogP contribution in [0.25, 0.3) is 0 Å². The van der Waals surface area contributed by atoms with E-state index in [0.717, 1.165) is 0 Å². The predicted molar refractivity (Wildman–Crippen MR) is 72.4 cm³/mol. The van der Waals surface area contributed by atoms with E-state index in [1.165, 1.54) is 23.1 Å². The fraction of sp³-hybridized carbons (Fsp3) is 0.500. The van der Waals surface area contributed by atoms with Crippen molar-refractivity contribution in [1.82, 2.24) is 0 Å². The number of thioether (sulfide) groups is 1. The van der Waals surface area contributed by atoms with E-state index in [0.29, 0.717) is 0 Å². The van der Waals surface area contributed by atoms with Crippen LogP contribution >= 0.6 is 11.8 Å². The van der Waals surface area contributed by atoms with E-state index < -0.39 is 0 Å². The number of aryl methyl sites for hydroxylation is 2. The Labute approximate surface area is 108 Å². The van der Waals surface area contributed by atoms with Gasteiger partial charge in [-0.2, -0.15) is 0 Å². The number of esters is 1. The summed E-state index contributed by atoms with van der Waals surface area (Å²) in [5, 5.41) is 0.211. The highest BCUT2D eigenvalue weighted by molar-refractivity contribution is 8.00. The number of ether oxygens (including phenoxy) is 1. The summed E-state index contributed by atoms with van der Waals surface area (Å²) in [6.45, 7) is 8.15. The Bertz CT molecular complexity index is 401. The first-order valence-corrected chi connectivity index (χ1v) is 6.65. The number of benzene rings is 1. The molecule has 1 rings (SSSR count). The van der Waals surface area contributed by atoms with Crippen LogP contribution in [0.3, 0.4) is 0 Å². The third-order valence-corrected chi connectivity index (χ3v) is 4.41. The lowest BCUT2D eigenvalue weighted by Gasteiger charge is -2.18. The lowest BCUT2D eigenvalue weighted by molar-refractivity contribution is -0.144. The van der Waals surface area contributed by atoms with E-state index in [4.69, 9.17) is 4.74 Å². The van der Waals surface area contributed by atoms with Crippen molar-refractivity contribution in [3.63, 3.8) is 0 Å². The van der Waals surface area contributed by atoms with E-state index in [2.05, 4.69) is 39.0 Å². The molecule has 0 amide bonds. The van der Waals surface area contributed by atoms with Gasteiger partial charge in [0, 0.05) is 10.1 Å². The smallest absolute Gasteiger partial charge is 0.309 e. The van der Waals surface area contributed by atoms with E-state index >= 15 is 0 Å². The van der Waals surface area contributed by atoms with Crippen LogP contribution in [0.4, 0.5) is 0 Å². The summed E-state index contributed by atoms with van der Waals surface area (Å²) >= 11 is 1.74. The molecule has 0 fully saturated rings. The molecule has 0 spiro atoms. The zero-order valence-corrected chi connectivity index (χ0v) is 11.9. The van der Waals surface area contributed by atoms with Crippen LogP contribution in [0.5, 0.6) is 0 Å². The maximum absolute atomic E-state index is 11.5. The Kier molecular flexibility index (Phi) is 5.06. The summed E-state index contributed by atoms with van der Waals surface area (Å²) in [7, 11) is 1.44. The molecule has 0 bridgehead atoms. The van der Waals surface area contributed by atoms with Gasteiger partial charge < -0.3 is 4.74 Å². The van der Waals surface area contributed by atoms with Crippen LogP contribution in [-0.4, -0.2) is 18.3 Å². The largest absolute Gasteiger partial charge is 0.469 e. The maximum Gasteiger partial charge on any atom is 0.309 e. The first-order valence-electron chi connectivity index (χ1n) is 5.77. The van der Waals surface area contributed by atoms with Gasteiger partial charge in [0.1, 0.15) is 0 Å². The molecule has 0 radical (unpaired) electrons. The van der Waals surface area contributed by atoms with Crippen molar-refractivity contribution in [2.75, 3.05) is 7.11 Å². The lowest BCUT2D eigenvalue weighted by atomic mass is 10.1. The number of methoxy groups -OCH3 is 1. The molecule has 0 aromatic heterocycles. The first kappa shape index (κ1) is 14.1. The number of rotatable bonds is 4. The van der Waals surface area contributed by atoms with E-state index in [1.54, 1.807) is 11.8 Å². The standard InChI is InChI=1S/C14H20O2S/c1-9-6-7-10(2)13(8-9)17-12(4)11(3)14(15)16-5/h6-8,11-12H,1-5H3. The highest BCUT2D eigenvalue weighted by atomic mass is 32.2. The van der Waals surface area contributed by atoms with Gasteiger partial charge in [-0.3, -0.25) is 4.79 Å². The Morgan fingerprint density at radius 2 is 1.94 bits per heavy atom. The van der Waals surface area contributed by atoms with Gasteiger partial charge in [0.25, 0.3) is 0 Å². The van der Waals surface area contributed by atoms with Gasteiger partial charge in [-0.05, 0) is 25.5 Å². The minimum Gasteiger partial charge on any atom is -0.469 e. The van der Waals surface area contributed by atoms with E-state index in [1.807, 2.05) is 6.92 Å². The molecule has 0 saturated carbocycles. The van der Waals surface area contributed by atoms with Crippen molar-refractivity contribution in [3.05, 3.63) is 29.3 Å². The fourth-order valence-corrected chi connectivity index (χ4v) is 2.74. The van der Waals surface area contributed by atoms with Gasteiger partial charge in [0.2, 0.25) is 0 Å². The Balaban J connectivity index is 2.77. The van der Waals surface area contributed by atoms with Crippen molar-refractivity contribution in [3.8, 4) is 0 Å². The SMILES string of the molecule is COC(=O)C(C)C(C)Sc1cc(C)ccc1C. The summed E-state index contributed by atoms with van der Waals surface area (Å²) in [5.74, 6) is -0.236. The van der Waals surface area contributed by atoms with Crippen LogP contribution in [0.2, 0.25) is 0 Å². The van der Waals surface area contributed by atoms with Crippen molar-refractivity contribution in [2.45, 2.75) is 37.8 Å². The Morgan fingerprint density at radius 3 is 2.53 bits per heavy atom. The van der Waals surface area contributed by atoms with Gasteiger partial charge in [-0.1, -0.05) is 31.5 Å². The predicted octanol–water partition coefficient (Wildman–Crippen LogP) is 3.59.